The fraction of sp³-hybridized carbons (Fsp3) is 0.208. The molecule has 2 aromatic carbocycles. The maximum atomic E-state index is 12.7. The van der Waals surface area contributed by atoms with E-state index in [1.807, 2.05) is 18.2 Å². The van der Waals surface area contributed by atoms with Gasteiger partial charge in [-0.25, -0.2) is 9.59 Å². The van der Waals surface area contributed by atoms with E-state index in [2.05, 4.69) is 0 Å². The van der Waals surface area contributed by atoms with Gasteiger partial charge in [0.15, 0.2) is 6.29 Å². The lowest BCUT2D eigenvalue weighted by molar-refractivity contribution is -0.133. The summed E-state index contributed by atoms with van der Waals surface area (Å²) in [4.78, 5) is 36.7. The highest BCUT2D eigenvalue weighted by Crippen LogP contribution is 2.28. The standard InChI is InChI=1S/C24H23NO5/c1-24(2,3)30-23(28)25-14-17(19-11-7-8-12-21(19)25)13-20(22(27)29-4)18-10-6-5-9-16(18)15-26/h5-15H,1-4H3/b20-13-. The Balaban J connectivity index is 2.21. The van der Waals surface area contributed by atoms with E-state index >= 15 is 0 Å². The van der Waals surface area contributed by atoms with E-state index in [1.165, 1.54) is 11.7 Å². The molecule has 0 atom stereocenters. The summed E-state index contributed by atoms with van der Waals surface area (Å²) in [5.74, 6) is -0.585. The molecular formula is C24H23NO5. The van der Waals surface area contributed by atoms with Crippen molar-refractivity contribution in [1.29, 1.82) is 0 Å². The van der Waals surface area contributed by atoms with Crippen LogP contribution in [0, 0.1) is 0 Å². The van der Waals surface area contributed by atoms with Crippen LogP contribution in [0.1, 0.15) is 42.3 Å². The maximum absolute atomic E-state index is 12.7. The van der Waals surface area contributed by atoms with E-state index in [4.69, 9.17) is 9.47 Å². The molecule has 0 aliphatic carbocycles. The smallest absolute Gasteiger partial charge is 0.419 e. The Morgan fingerprint density at radius 1 is 0.967 bits per heavy atom. The molecule has 3 rings (SSSR count). The number of carbonyl (C=O) groups excluding carboxylic acids is 3. The lowest BCUT2D eigenvalue weighted by Crippen LogP contribution is -2.26. The van der Waals surface area contributed by atoms with E-state index in [1.54, 1.807) is 63.4 Å². The largest absolute Gasteiger partial charge is 0.465 e. The molecule has 0 amide bonds. The fourth-order valence-electron chi connectivity index (χ4n) is 3.14. The van der Waals surface area contributed by atoms with Crippen LogP contribution in [0.2, 0.25) is 0 Å². The number of hydrogen-bond acceptors (Lipinski definition) is 5. The number of benzene rings is 2. The second kappa shape index (κ2) is 8.37. The molecule has 3 aromatic rings. The zero-order valence-corrected chi connectivity index (χ0v) is 17.3. The summed E-state index contributed by atoms with van der Waals surface area (Å²) in [7, 11) is 1.28. The predicted octanol–water partition coefficient (Wildman–Crippen LogP) is 4.95. The van der Waals surface area contributed by atoms with Gasteiger partial charge in [0.1, 0.15) is 5.60 Å². The van der Waals surface area contributed by atoms with Crippen molar-refractivity contribution in [2.24, 2.45) is 0 Å². The molecule has 0 fully saturated rings. The van der Waals surface area contributed by atoms with Crippen LogP contribution >= 0.6 is 0 Å². The molecule has 0 N–H and O–H groups in total. The summed E-state index contributed by atoms with van der Waals surface area (Å²) < 4.78 is 11.9. The van der Waals surface area contributed by atoms with Crippen LogP contribution in [0.4, 0.5) is 4.79 Å². The van der Waals surface area contributed by atoms with Crippen LogP contribution in [-0.2, 0) is 14.3 Å². The van der Waals surface area contributed by atoms with E-state index in [-0.39, 0.29) is 5.57 Å². The quantitative estimate of drug-likeness (QED) is 0.349. The summed E-state index contributed by atoms with van der Waals surface area (Å²) in [6, 6.07) is 14.1. The van der Waals surface area contributed by atoms with Crippen molar-refractivity contribution in [2.75, 3.05) is 7.11 Å². The Hall–Kier alpha value is -3.67. The first-order valence-corrected chi connectivity index (χ1v) is 9.43. The Bertz CT molecular complexity index is 1150. The number of nitrogens with zero attached hydrogens (tertiary/aromatic N) is 1. The van der Waals surface area contributed by atoms with Crippen LogP contribution in [-0.4, -0.2) is 35.6 Å². The molecule has 0 bridgehead atoms. The van der Waals surface area contributed by atoms with Gasteiger partial charge in [0.05, 0.1) is 18.2 Å². The van der Waals surface area contributed by atoms with Crippen molar-refractivity contribution in [1.82, 2.24) is 4.57 Å². The fourth-order valence-corrected chi connectivity index (χ4v) is 3.14. The van der Waals surface area contributed by atoms with E-state index in [0.29, 0.717) is 28.5 Å². The average Bonchev–Trinajstić information content (AvgIpc) is 3.09. The summed E-state index contributed by atoms with van der Waals surface area (Å²) in [5.41, 5.74) is 1.65. The average molecular weight is 405 g/mol. The molecule has 1 heterocycles. The third-order valence-electron chi connectivity index (χ3n) is 4.42. The van der Waals surface area contributed by atoms with Gasteiger partial charge < -0.3 is 9.47 Å². The molecular weight excluding hydrogens is 382 g/mol. The number of hydrogen-bond donors (Lipinski definition) is 0. The first-order chi connectivity index (χ1) is 14.2. The van der Waals surface area contributed by atoms with Crippen molar-refractivity contribution in [2.45, 2.75) is 26.4 Å². The van der Waals surface area contributed by atoms with E-state index in [9.17, 15) is 14.4 Å². The second-order valence-corrected chi connectivity index (χ2v) is 7.71. The lowest BCUT2D eigenvalue weighted by atomic mass is 9.98. The second-order valence-electron chi connectivity index (χ2n) is 7.71. The summed E-state index contributed by atoms with van der Waals surface area (Å²) >= 11 is 0. The molecule has 1 aromatic heterocycles. The van der Waals surface area contributed by atoms with Gasteiger partial charge in [-0.1, -0.05) is 42.5 Å². The summed E-state index contributed by atoms with van der Waals surface area (Å²) in [6.45, 7) is 5.38. The number of rotatable bonds is 4. The van der Waals surface area contributed by atoms with Crippen molar-refractivity contribution in [3.8, 4) is 0 Å². The molecule has 6 nitrogen and oxygen atoms in total. The molecule has 154 valence electrons. The number of esters is 1. The number of fused-ring (bicyclic) bond motifs is 1. The minimum atomic E-state index is -0.654. The monoisotopic (exact) mass is 405 g/mol. The molecule has 0 spiro atoms. The van der Waals surface area contributed by atoms with Crippen molar-refractivity contribution >= 4 is 40.9 Å². The normalized spacial score (nSPS) is 11.9. The van der Waals surface area contributed by atoms with Gasteiger partial charge >= 0.3 is 12.1 Å². The number of aromatic nitrogens is 1. The topological polar surface area (TPSA) is 74.6 Å². The predicted molar refractivity (Wildman–Crippen MR) is 115 cm³/mol. The Morgan fingerprint density at radius 2 is 1.63 bits per heavy atom. The van der Waals surface area contributed by atoms with Crippen LogP contribution in [0.15, 0.2) is 54.7 Å². The number of carbonyl (C=O) groups is 3. The highest BCUT2D eigenvalue weighted by molar-refractivity contribution is 6.24. The molecule has 0 saturated heterocycles. The summed E-state index contributed by atoms with van der Waals surface area (Å²) in [6.07, 6.45) is 3.41. The molecule has 0 radical (unpaired) electrons. The van der Waals surface area contributed by atoms with Gasteiger partial charge in [-0.2, -0.15) is 0 Å². The number of aldehydes is 1. The molecule has 0 unspecified atom stereocenters. The van der Waals surface area contributed by atoms with Gasteiger partial charge in [0, 0.05) is 22.7 Å². The lowest BCUT2D eigenvalue weighted by Gasteiger charge is -2.19. The van der Waals surface area contributed by atoms with Crippen LogP contribution in [0.25, 0.3) is 22.6 Å². The minimum absolute atomic E-state index is 0.215. The summed E-state index contributed by atoms with van der Waals surface area (Å²) in [5, 5.41) is 0.758. The minimum Gasteiger partial charge on any atom is -0.465 e. The van der Waals surface area contributed by atoms with Crippen LogP contribution in [0.3, 0.4) is 0 Å². The first-order valence-electron chi connectivity index (χ1n) is 9.43. The Kier molecular flexibility index (Phi) is 5.87. The molecule has 0 aliphatic rings. The third-order valence-corrected chi connectivity index (χ3v) is 4.42. The van der Waals surface area contributed by atoms with Crippen molar-refractivity contribution < 1.29 is 23.9 Å². The van der Waals surface area contributed by atoms with Gasteiger partial charge in [0.2, 0.25) is 0 Å². The van der Waals surface area contributed by atoms with Crippen molar-refractivity contribution in [3.63, 3.8) is 0 Å². The maximum Gasteiger partial charge on any atom is 0.419 e. The van der Waals surface area contributed by atoms with Gasteiger partial charge in [-0.15, -0.1) is 0 Å². The molecule has 6 heteroatoms. The van der Waals surface area contributed by atoms with Gasteiger partial charge in [-0.05, 0) is 38.5 Å². The number of ether oxygens (including phenoxy) is 2. The highest BCUT2D eigenvalue weighted by Gasteiger charge is 2.22. The Morgan fingerprint density at radius 3 is 2.30 bits per heavy atom. The van der Waals surface area contributed by atoms with Crippen molar-refractivity contribution in [3.05, 3.63) is 71.4 Å². The third kappa shape index (κ3) is 4.33. The van der Waals surface area contributed by atoms with E-state index in [0.717, 1.165) is 5.39 Å². The zero-order chi connectivity index (χ0) is 21.9. The number of para-hydroxylation sites is 1. The molecule has 0 aliphatic heterocycles. The highest BCUT2D eigenvalue weighted by atomic mass is 16.6. The van der Waals surface area contributed by atoms with Crippen LogP contribution in [0.5, 0.6) is 0 Å². The SMILES string of the molecule is COC(=O)/C(=C\c1cn(C(=O)OC(C)(C)C)c2ccccc12)c1ccccc1C=O. The Labute approximate surface area is 174 Å². The molecule has 0 saturated carbocycles. The number of methoxy groups -OCH3 is 1. The van der Waals surface area contributed by atoms with E-state index < -0.39 is 17.7 Å². The first kappa shape index (κ1) is 21.0. The molecule has 30 heavy (non-hydrogen) atoms. The van der Waals surface area contributed by atoms with Gasteiger partial charge in [-0.3, -0.25) is 9.36 Å². The zero-order valence-electron chi connectivity index (χ0n) is 17.3. The van der Waals surface area contributed by atoms with Gasteiger partial charge in [0.25, 0.3) is 0 Å². The van der Waals surface area contributed by atoms with Crippen LogP contribution < -0.4 is 0 Å².